The number of hydrogen-bond acceptors (Lipinski definition) is 4. The molecule has 5 rings (SSSR count). The van der Waals surface area contributed by atoms with Crippen molar-refractivity contribution in [1.82, 2.24) is 19.7 Å². The first kappa shape index (κ1) is 17.2. The molecule has 0 unspecified atom stereocenters. The van der Waals surface area contributed by atoms with E-state index in [9.17, 15) is 4.79 Å². The average Bonchev–Trinajstić information content (AvgIpc) is 3.51. The number of pyridine rings is 1. The zero-order valence-corrected chi connectivity index (χ0v) is 16.6. The van der Waals surface area contributed by atoms with E-state index >= 15 is 0 Å². The van der Waals surface area contributed by atoms with Crippen LogP contribution < -0.4 is 4.90 Å². The van der Waals surface area contributed by atoms with Gasteiger partial charge < -0.3 is 9.80 Å². The standard InChI is InChI=1S/C22H25N5O/c1-14-20-17(12-18(15-8-9-15)23-21(20)26(3)24-14)22(28)27-11-10-25(2)19-7-5-4-6-16(19)13-27/h4-7,12,15H,8-11,13H2,1-3H3. The third kappa shape index (κ3) is 2.75. The largest absolute Gasteiger partial charge is 0.373 e. The van der Waals surface area contributed by atoms with Crippen molar-refractivity contribution in [3.05, 3.63) is 52.8 Å². The van der Waals surface area contributed by atoms with Gasteiger partial charge in [0.15, 0.2) is 5.65 Å². The number of aromatic nitrogens is 3. The highest BCUT2D eigenvalue weighted by Gasteiger charge is 2.30. The topological polar surface area (TPSA) is 54.3 Å². The molecular formula is C22H25N5O. The van der Waals surface area contributed by atoms with Crippen LogP contribution in [0.1, 0.15) is 46.1 Å². The molecule has 1 aliphatic heterocycles. The molecule has 6 nitrogen and oxygen atoms in total. The van der Waals surface area contributed by atoms with Crippen LogP contribution in [0.25, 0.3) is 11.0 Å². The van der Waals surface area contributed by atoms with E-state index in [0.29, 0.717) is 19.0 Å². The lowest BCUT2D eigenvalue weighted by atomic mass is 10.1. The third-order valence-electron chi connectivity index (χ3n) is 5.97. The number of aryl methyl sites for hydroxylation is 2. The number of rotatable bonds is 2. The quantitative estimate of drug-likeness (QED) is 0.690. The molecular weight excluding hydrogens is 350 g/mol. The van der Waals surface area contributed by atoms with Gasteiger partial charge in [0.1, 0.15) is 0 Å². The fraction of sp³-hybridized carbons (Fsp3) is 0.409. The summed E-state index contributed by atoms with van der Waals surface area (Å²) in [5, 5.41) is 5.43. The molecule has 1 aromatic carbocycles. The molecule has 1 amide bonds. The van der Waals surface area contributed by atoms with Crippen LogP contribution >= 0.6 is 0 Å². The first-order valence-electron chi connectivity index (χ1n) is 9.95. The van der Waals surface area contributed by atoms with Crippen molar-refractivity contribution in [3.63, 3.8) is 0 Å². The second-order valence-electron chi connectivity index (χ2n) is 8.05. The minimum absolute atomic E-state index is 0.0792. The van der Waals surface area contributed by atoms with Crippen LogP contribution in [0.2, 0.25) is 0 Å². The van der Waals surface area contributed by atoms with Crippen molar-refractivity contribution in [2.45, 2.75) is 32.2 Å². The fourth-order valence-corrected chi connectivity index (χ4v) is 4.26. The van der Waals surface area contributed by atoms with Crippen molar-refractivity contribution >= 4 is 22.6 Å². The summed E-state index contributed by atoms with van der Waals surface area (Å²) in [5.41, 5.74) is 5.85. The Morgan fingerprint density at radius 3 is 2.71 bits per heavy atom. The van der Waals surface area contributed by atoms with Crippen molar-refractivity contribution < 1.29 is 4.79 Å². The lowest BCUT2D eigenvalue weighted by molar-refractivity contribution is 0.0753. The van der Waals surface area contributed by atoms with E-state index in [0.717, 1.165) is 47.4 Å². The second-order valence-corrected chi connectivity index (χ2v) is 8.05. The molecule has 1 fully saturated rings. The number of nitrogens with zero attached hydrogens (tertiary/aromatic N) is 5. The lowest BCUT2D eigenvalue weighted by Crippen LogP contribution is -2.34. The smallest absolute Gasteiger partial charge is 0.255 e. The SMILES string of the molecule is Cc1nn(C)c2nc(C3CC3)cc(C(=O)N3CCN(C)c4ccccc4C3)c12. The molecule has 28 heavy (non-hydrogen) atoms. The summed E-state index contributed by atoms with van der Waals surface area (Å²) < 4.78 is 1.80. The minimum atomic E-state index is 0.0792. The number of likely N-dealkylation sites (N-methyl/N-ethyl adjacent to an activating group) is 1. The van der Waals surface area contributed by atoms with Gasteiger partial charge in [-0.3, -0.25) is 9.48 Å². The lowest BCUT2D eigenvalue weighted by Gasteiger charge is -2.22. The summed E-state index contributed by atoms with van der Waals surface area (Å²) in [7, 11) is 4.00. The third-order valence-corrected chi connectivity index (χ3v) is 5.97. The Hall–Kier alpha value is -2.89. The van der Waals surface area contributed by atoms with Gasteiger partial charge in [0, 0.05) is 51.0 Å². The number of fused-ring (bicyclic) bond motifs is 2. The Bertz CT molecular complexity index is 1080. The number of benzene rings is 1. The van der Waals surface area contributed by atoms with Gasteiger partial charge in [-0.25, -0.2) is 4.98 Å². The fourth-order valence-electron chi connectivity index (χ4n) is 4.26. The highest BCUT2D eigenvalue weighted by Crippen LogP contribution is 2.40. The maximum atomic E-state index is 13.7. The summed E-state index contributed by atoms with van der Waals surface area (Å²) in [6.07, 6.45) is 2.32. The van der Waals surface area contributed by atoms with Crippen molar-refractivity contribution in [2.24, 2.45) is 7.05 Å². The number of amides is 1. The van der Waals surface area contributed by atoms with Crippen LogP contribution in [0.15, 0.2) is 30.3 Å². The number of carbonyl (C=O) groups excluding carboxylic acids is 1. The molecule has 0 bridgehead atoms. The highest BCUT2D eigenvalue weighted by atomic mass is 16.2. The molecule has 0 spiro atoms. The molecule has 6 heteroatoms. The zero-order chi connectivity index (χ0) is 19.4. The number of carbonyl (C=O) groups is 1. The van der Waals surface area contributed by atoms with Crippen molar-refractivity contribution in [2.75, 3.05) is 25.0 Å². The van der Waals surface area contributed by atoms with Crippen LogP contribution in [0, 0.1) is 6.92 Å². The predicted octanol–water partition coefficient (Wildman–Crippen LogP) is 3.25. The van der Waals surface area contributed by atoms with E-state index in [4.69, 9.17) is 4.98 Å². The van der Waals surface area contributed by atoms with E-state index < -0.39 is 0 Å². The molecule has 144 valence electrons. The van der Waals surface area contributed by atoms with Gasteiger partial charge in [0.25, 0.3) is 5.91 Å². The summed E-state index contributed by atoms with van der Waals surface area (Å²) in [6, 6.07) is 10.4. The van der Waals surface area contributed by atoms with Crippen molar-refractivity contribution in [3.8, 4) is 0 Å². The van der Waals surface area contributed by atoms with Gasteiger partial charge >= 0.3 is 0 Å². The summed E-state index contributed by atoms with van der Waals surface area (Å²) in [6.45, 7) is 4.11. The van der Waals surface area contributed by atoms with E-state index in [1.165, 1.54) is 11.3 Å². The molecule has 3 heterocycles. The summed E-state index contributed by atoms with van der Waals surface area (Å²) in [5.74, 6) is 0.567. The Balaban J connectivity index is 1.59. The van der Waals surface area contributed by atoms with Crippen LogP contribution in [0.5, 0.6) is 0 Å². The summed E-state index contributed by atoms with van der Waals surface area (Å²) >= 11 is 0. The van der Waals surface area contributed by atoms with Gasteiger partial charge in [0.2, 0.25) is 0 Å². The van der Waals surface area contributed by atoms with Crippen LogP contribution in [0.3, 0.4) is 0 Å². The second kappa shape index (κ2) is 6.33. The molecule has 0 N–H and O–H groups in total. The molecule has 2 aromatic heterocycles. The van der Waals surface area contributed by atoms with Gasteiger partial charge in [0.05, 0.1) is 16.6 Å². The number of para-hydroxylation sites is 1. The maximum absolute atomic E-state index is 13.7. The molecule has 1 aliphatic carbocycles. The normalized spacial score (nSPS) is 17.0. The zero-order valence-electron chi connectivity index (χ0n) is 16.6. The predicted molar refractivity (Wildman–Crippen MR) is 110 cm³/mol. The minimum Gasteiger partial charge on any atom is -0.373 e. The van der Waals surface area contributed by atoms with E-state index in [-0.39, 0.29) is 5.91 Å². The van der Waals surface area contributed by atoms with Gasteiger partial charge in [-0.15, -0.1) is 0 Å². The molecule has 0 atom stereocenters. The molecule has 2 aliphatic rings. The van der Waals surface area contributed by atoms with E-state index in [2.05, 4.69) is 35.2 Å². The Kier molecular flexibility index (Phi) is 3.89. The Labute approximate surface area is 164 Å². The molecule has 0 radical (unpaired) electrons. The average molecular weight is 375 g/mol. The van der Waals surface area contributed by atoms with Gasteiger partial charge in [-0.05, 0) is 37.5 Å². The Morgan fingerprint density at radius 1 is 1.14 bits per heavy atom. The molecule has 3 aromatic rings. The monoisotopic (exact) mass is 375 g/mol. The van der Waals surface area contributed by atoms with Crippen LogP contribution in [-0.2, 0) is 13.6 Å². The Morgan fingerprint density at radius 2 is 1.93 bits per heavy atom. The van der Waals surface area contributed by atoms with E-state index in [1.807, 2.05) is 31.0 Å². The molecule has 1 saturated carbocycles. The highest BCUT2D eigenvalue weighted by molar-refractivity contribution is 6.06. The van der Waals surface area contributed by atoms with Crippen molar-refractivity contribution in [1.29, 1.82) is 0 Å². The van der Waals surface area contributed by atoms with Crippen LogP contribution in [-0.4, -0.2) is 45.7 Å². The van der Waals surface area contributed by atoms with Crippen LogP contribution in [0.4, 0.5) is 5.69 Å². The van der Waals surface area contributed by atoms with Gasteiger partial charge in [-0.2, -0.15) is 5.10 Å². The maximum Gasteiger partial charge on any atom is 0.255 e. The number of hydrogen-bond donors (Lipinski definition) is 0. The van der Waals surface area contributed by atoms with Gasteiger partial charge in [-0.1, -0.05) is 18.2 Å². The summed E-state index contributed by atoms with van der Waals surface area (Å²) in [4.78, 5) is 22.7. The van der Waals surface area contributed by atoms with E-state index in [1.54, 1.807) is 4.68 Å². The first-order chi connectivity index (χ1) is 13.5. The first-order valence-corrected chi connectivity index (χ1v) is 9.95. The number of anilines is 1. The molecule has 0 saturated heterocycles.